The maximum Gasteiger partial charge on any atom is 0.472 e. The summed E-state index contributed by atoms with van der Waals surface area (Å²) in [4.78, 5) is 58.1. The number of ether oxygens (including phenoxy) is 3. The summed E-state index contributed by atoms with van der Waals surface area (Å²) in [6, 6.07) is 0. The minimum Gasteiger partial charge on any atom is -0.463 e. The Bertz CT molecular complexity index is 1780. The maximum absolute atomic E-state index is 12.9. The molecule has 0 spiro atoms. The Balaban J connectivity index is 4.75. The first-order valence-electron chi connectivity index (χ1n) is 31.2. The Morgan fingerprint density at radius 1 is 0.346 bits per heavy atom. The number of carbonyl (C=O) groups is 3. The number of hydrogen-bond acceptors (Lipinski definition) is 14. The second kappa shape index (κ2) is 57.4. The SMILES string of the molecule is CCCCC/C=C\C/C=C\CCCCCCCC(=O)OC[C@H](O)COP(=O)(O)OC[C@@H](O)COP(=O)(O)OC[C@@H](COC(=O)CCCCCCC/C=C\C/C=C\CCCCC)OC(=O)CCCCCCC/C=C\C/C=C\CCCCC. The van der Waals surface area contributed by atoms with E-state index in [1.807, 2.05) is 0 Å². The molecule has 4 N–H and O–H groups in total. The number of phosphoric acid groups is 2. The smallest absolute Gasteiger partial charge is 0.463 e. The molecule has 18 heteroatoms. The van der Waals surface area contributed by atoms with Gasteiger partial charge < -0.3 is 34.2 Å². The molecule has 0 saturated carbocycles. The number of unbranched alkanes of at least 4 members (excludes halogenated alkanes) is 24. The van der Waals surface area contributed by atoms with Crippen LogP contribution in [0.15, 0.2) is 72.9 Å². The Morgan fingerprint density at radius 3 is 0.963 bits per heavy atom. The Morgan fingerprint density at radius 2 is 0.617 bits per heavy atom. The number of aliphatic hydroxyl groups excluding tert-OH is 2. The molecule has 2 unspecified atom stereocenters. The van der Waals surface area contributed by atoms with Crippen LogP contribution in [0.1, 0.15) is 252 Å². The first-order chi connectivity index (χ1) is 39.2. The molecule has 0 aliphatic rings. The van der Waals surface area contributed by atoms with Gasteiger partial charge in [0.1, 0.15) is 25.4 Å². The standard InChI is InChI=1S/C63H112O16P2/c1-4-7-10-13-16-19-22-25-28-31-34-37-40-43-46-49-61(66)73-52-58(64)53-75-80(69,70)76-54-59(65)55-77-81(71,72)78-57-60(79-63(68)51-48-45-42-39-36-33-30-27-24-21-18-15-12-9-6-3)56-74-62(67)50-47-44-41-38-35-32-29-26-23-20-17-14-11-8-5-2/h16-21,25-30,58-60,64-65H,4-15,22-24,31-57H2,1-3H3,(H,69,70)(H,71,72)/b19-16-,20-17-,21-18-,28-25-,29-26-,30-27-/t58-,59+,60+/m0/s1. The third-order valence-corrected chi connectivity index (χ3v) is 14.8. The van der Waals surface area contributed by atoms with Gasteiger partial charge in [-0.2, -0.15) is 0 Å². The number of phosphoric ester groups is 2. The van der Waals surface area contributed by atoms with Crippen LogP contribution < -0.4 is 0 Å². The van der Waals surface area contributed by atoms with Crippen molar-refractivity contribution in [3.63, 3.8) is 0 Å². The van der Waals surface area contributed by atoms with Gasteiger partial charge in [0.05, 0.1) is 26.4 Å². The van der Waals surface area contributed by atoms with Crippen LogP contribution in [-0.4, -0.2) is 95.9 Å². The molecule has 0 saturated heterocycles. The molecule has 0 bridgehead atoms. The van der Waals surface area contributed by atoms with Crippen LogP contribution in [0.3, 0.4) is 0 Å². The van der Waals surface area contributed by atoms with E-state index in [1.165, 1.54) is 57.8 Å². The highest BCUT2D eigenvalue weighted by atomic mass is 31.2. The third-order valence-electron chi connectivity index (χ3n) is 12.9. The van der Waals surface area contributed by atoms with E-state index in [4.69, 9.17) is 32.3 Å². The largest absolute Gasteiger partial charge is 0.472 e. The van der Waals surface area contributed by atoms with Crippen molar-refractivity contribution in [3.8, 4) is 0 Å². The fraction of sp³-hybridized carbons (Fsp3) is 0.762. The van der Waals surface area contributed by atoms with E-state index in [-0.39, 0.29) is 19.3 Å². The molecule has 0 amide bonds. The van der Waals surface area contributed by atoms with Gasteiger partial charge in [0.2, 0.25) is 0 Å². The Labute approximate surface area is 490 Å². The second-order valence-electron chi connectivity index (χ2n) is 20.8. The highest BCUT2D eigenvalue weighted by Crippen LogP contribution is 2.45. The number of aliphatic hydroxyl groups is 2. The van der Waals surface area contributed by atoms with Crippen molar-refractivity contribution in [2.24, 2.45) is 0 Å². The van der Waals surface area contributed by atoms with Gasteiger partial charge >= 0.3 is 33.6 Å². The highest BCUT2D eigenvalue weighted by Gasteiger charge is 2.29. The lowest BCUT2D eigenvalue weighted by atomic mass is 10.1. The first kappa shape index (κ1) is 78.0. The molecule has 16 nitrogen and oxygen atoms in total. The van der Waals surface area contributed by atoms with Crippen LogP contribution in [0.2, 0.25) is 0 Å². The first-order valence-corrected chi connectivity index (χ1v) is 34.2. The molecular weight excluding hydrogens is 1070 g/mol. The maximum atomic E-state index is 12.9. The monoisotopic (exact) mass is 1190 g/mol. The number of esters is 3. The molecule has 0 radical (unpaired) electrons. The molecule has 0 aromatic heterocycles. The van der Waals surface area contributed by atoms with E-state index in [0.717, 1.165) is 135 Å². The normalized spacial score (nSPS) is 14.9. The molecule has 0 heterocycles. The van der Waals surface area contributed by atoms with Crippen LogP contribution in [0.25, 0.3) is 0 Å². The predicted octanol–water partition coefficient (Wildman–Crippen LogP) is 16.4. The van der Waals surface area contributed by atoms with Gasteiger partial charge in [-0.05, 0) is 116 Å². The zero-order valence-corrected chi connectivity index (χ0v) is 52.2. The van der Waals surface area contributed by atoms with Gasteiger partial charge in [-0.1, -0.05) is 190 Å². The summed E-state index contributed by atoms with van der Waals surface area (Å²) in [7, 11) is -9.77. The molecular formula is C63H112O16P2. The van der Waals surface area contributed by atoms with Crippen LogP contribution in [0, 0.1) is 0 Å². The summed E-state index contributed by atoms with van der Waals surface area (Å²) in [5.74, 6) is -1.62. The third kappa shape index (κ3) is 58.6. The van der Waals surface area contributed by atoms with Crippen LogP contribution in [-0.2, 0) is 55.8 Å². The average molecular weight is 1190 g/mol. The molecule has 470 valence electrons. The van der Waals surface area contributed by atoms with Gasteiger partial charge in [0.15, 0.2) is 6.10 Å². The summed E-state index contributed by atoms with van der Waals surface area (Å²) < 4.78 is 60.6. The van der Waals surface area contributed by atoms with Crippen molar-refractivity contribution in [1.82, 2.24) is 0 Å². The zero-order chi connectivity index (χ0) is 59.6. The van der Waals surface area contributed by atoms with Gasteiger partial charge in [0.25, 0.3) is 0 Å². The fourth-order valence-electron chi connectivity index (χ4n) is 8.01. The van der Waals surface area contributed by atoms with Gasteiger partial charge in [-0.3, -0.25) is 32.5 Å². The van der Waals surface area contributed by atoms with Crippen molar-refractivity contribution in [3.05, 3.63) is 72.9 Å². The molecule has 0 aliphatic heterocycles. The van der Waals surface area contributed by atoms with Crippen molar-refractivity contribution in [2.45, 2.75) is 270 Å². The van der Waals surface area contributed by atoms with Crippen molar-refractivity contribution in [1.29, 1.82) is 0 Å². The molecule has 0 aliphatic carbocycles. The van der Waals surface area contributed by atoms with E-state index < -0.39 is 91.5 Å². The van der Waals surface area contributed by atoms with Crippen LogP contribution in [0.5, 0.6) is 0 Å². The van der Waals surface area contributed by atoms with Gasteiger partial charge in [-0.25, -0.2) is 9.13 Å². The summed E-state index contributed by atoms with van der Waals surface area (Å²) in [5, 5.41) is 20.5. The Kier molecular flexibility index (Phi) is 55.3. The van der Waals surface area contributed by atoms with Crippen molar-refractivity contribution in [2.75, 3.05) is 39.6 Å². The summed E-state index contributed by atoms with van der Waals surface area (Å²) in [6.45, 7) is 2.53. The van der Waals surface area contributed by atoms with E-state index in [0.29, 0.717) is 19.3 Å². The van der Waals surface area contributed by atoms with E-state index in [1.54, 1.807) is 0 Å². The van der Waals surface area contributed by atoms with Crippen molar-refractivity contribution < 1.29 is 75.8 Å². The number of rotatable bonds is 59. The lowest BCUT2D eigenvalue weighted by Crippen LogP contribution is -2.30. The lowest BCUT2D eigenvalue weighted by molar-refractivity contribution is -0.161. The Hall–Kier alpha value is -3.01. The van der Waals surface area contributed by atoms with E-state index in [2.05, 4.69) is 93.7 Å². The molecule has 0 aromatic carbocycles. The summed E-state index contributed by atoms with van der Waals surface area (Å²) >= 11 is 0. The predicted molar refractivity (Wildman–Crippen MR) is 325 cm³/mol. The topological polar surface area (TPSA) is 231 Å². The minimum absolute atomic E-state index is 0.0857. The highest BCUT2D eigenvalue weighted by molar-refractivity contribution is 7.47. The molecule has 0 fully saturated rings. The number of hydrogen-bond donors (Lipinski definition) is 4. The summed E-state index contributed by atoms with van der Waals surface area (Å²) in [6.07, 6.45) is 56.7. The minimum atomic E-state index is -4.92. The summed E-state index contributed by atoms with van der Waals surface area (Å²) in [5.41, 5.74) is 0. The van der Waals surface area contributed by atoms with Crippen LogP contribution >= 0.6 is 15.6 Å². The molecule has 5 atom stereocenters. The molecule has 0 rings (SSSR count). The zero-order valence-electron chi connectivity index (χ0n) is 50.4. The average Bonchev–Trinajstić information content (AvgIpc) is 3.45. The van der Waals surface area contributed by atoms with Gasteiger partial charge in [0, 0.05) is 19.3 Å². The van der Waals surface area contributed by atoms with Crippen LogP contribution in [0.4, 0.5) is 0 Å². The molecule has 0 aromatic rings. The second-order valence-corrected chi connectivity index (χ2v) is 23.8. The quantitative estimate of drug-likeness (QED) is 0.0146. The number of carbonyl (C=O) groups excluding carboxylic acids is 3. The lowest BCUT2D eigenvalue weighted by Gasteiger charge is -2.21. The van der Waals surface area contributed by atoms with E-state index in [9.17, 15) is 43.5 Å². The fourth-order valence-corrected chi connectivity index (χ4v) is 9.60. The van der Waals surface area contributed by atoms with Crippen molar-refractivity contribution >= 4 is 33.6 Å². The van der Waals surface area contributed by atoms with E-state index >= 15 is 0 Å². The van der Waals surface area contributed by atoms with Gasteiger partial charge in [-0.15, -0.1) is 0 Å². The number of allylic oxidation sites excluding steroid dienone is 12. The molecule has 81 heavy (non-hydrogen) atoms.